The zero-order valence-electron chi connectivity index (χ0n) is 8.41. The topological polar surface area (TPSA) is 46.5 Å². The van der Waals surface area contributed by atoms with Gasteiger partial charge in [0.2, 0.25) is 0 Å². The first-order valence-corrected chi connectivity index (χ1v) is 4.76. The summed E-state index contributed by atoms with van der Waals surface area (Å²) in [7, 11) is 0. The molecule has 0 unspecified atom stereocenters. The van der Waals surface area contributed by atoms with Crippen molar-refractivity contribution in [2.75, 3.05) is 6.61 Å². The number of phenolic OH excluding ortho intramolecular Hbond substituents is 1. The minimum atomic E-state index is 0.0363. The molecule has 2 rings (SSSR count). The van der Waals surface area contributed by atoms with Crippen LogP contribution in [0.1, 0.15) is 29.8 Å². The lowest BCUT2D eigenvalue weighted by atomic mass is 10.1. The molecule has 0 saturated carbocycles. The Balaban J connectivity index is 0.000000461. The molecule has 1 aromatic carbocycles. The molecule has 1 aromatic rings. The van der Waals surface area contributed by atoms with Crippen molar-refractivity contribution >= 4 is 6.29 Å². The van der Waals surface area contributed by atoms with Gasteiger partial charge in [-0.1, -0.05) is 13.8 Å². The monoisotopic (exact) mass is 194 g/mol. The fraction of sp³-hybridized carbons (Fsp3) is 0.364. The molecule has 0 aliphatic carbocycles. The summed E-state index contributed by atoms with van der Waals surface area (Å²) >= 11 is 0. The minimum absolute atomic E-state index is 0.0363. The third-order valence-electron chi connectivity index (χ3n) is 2.02. The molecule has 0 saturated heterocycles. The lowest BCUT2D eigenvalue weighted by Crippen LogP contribution is -1.89. The van der Waals surface area contributed by atoms with E-state index in [0.29, 0.717) is 24.9 Å². The van der Waals surface area contributed by atoms with E-state index < -0.39 is 0 Å². The molecule has 0 radical (unpaired) electrons. The largest absolute Gasteiger partial charge is 0.507 e. The van der Waals surface area contributed by atoms with E-state index in [1.54, 1.807) is 6.07 Å². The molecule has 0 spiro atoms. The number of rotatable bonds is 1. The molecule has 1 heterocycles. The highest BCUT2D eigenvalue weighted by Gasteiger charge is 2.18. The number of aromatic hydroxyl groups is 1. The van der Waals surface area contributed by atoms with Crippen LogP contribution in [0.4, 0.5) is 0 Å². The number of hydrogen-bond donors (Lipinski definition) is 1. The van der Waals surface area contributed by atoms with Crippen molar-refractivity contribution in [2.24, 2.45) is 0 Å². The number of carbonyl (C=O) groups excluding carboxylic acids is 1. The number of fused-ring (bicyclic) bond motifs is 1. The molecule has 0 atom stereocenters. The average molecular weight is 194 g/mol. The zero-order chi connectivity index (χ0) is 10.6. The predicted molar refractivity (Wildman–Crippen MR) is 54.0 cm³/mol. The van der Waals surface area contributed by atoms with Gasteiger partial charge < -0.3 is 9.84 Å². The predicted octanol–water partition coefficient (Wildman–Crippen LogP) is 2.17. The number of ether oxygens (including phenoxy) is 1. The highest BCUT2D eigenvalue weighted by Crippen LogP contribution is 2.32. The van der Waals surface area contributed by atoms with Crippen LogP contribution in [0, 0.1) is 0 Å². The van der Waals surface area contributed by atoms with Crippen LogP contribution in [0.25, 0.3) is 0 Å². The van der Waals surface area contributed by atoms with E-state index in [4.69, 9.17) is 4.74 Å². The van der Waals surface area contributed by atoms with Gasteiger partial charge in [0.15, 0.2) is 6.29 Å². The van der Waals surface area contributed by atoms with E-state index >= 15 is 0 Å². The van der Waals surface area contributed by atoms with E-state index in [2.05, 4.69) is 0 Å². The van der Waals surface area contributed by atoms with Gasteiger partial charge in [-0.3, -0.25) is 4.79 Å². The van der Waals surface area contributed by atoms with E-state index in [0.717, 1.165) is 11.3 Å². The SMILES string of the molecule is CC.O=Cc1c(O)ccc2c1CCO2. The summed E-state index contributed by atoms with van der Waals surface area (Å²) in [5.74, 6) is 0.754. The Morgan fingerprint density at radius 3 is 2.79 bits per heavy atom. The lowest BCUT2D eigenvalue weighted by Gasteiger charge is -2.02. The molecule has 3 heteroatoms. The number of aldehydes is 1. The van der Waals surface area contributed by atoms with Gasteiger partial charge in [-0.15, -0.1) is 0 Å². The van der Waals surface area contributed by atoms with Gasteiger partial charge in [-0.05, 0) is 12.1 Å². The van der Waals surface area contributed by atoms with Crippen LogP contribution < -0.4 is 4.74 Å². The number of benzene rings is 1. The molecule has 0 aromatic heterocycles. The van der Waals surface area contributed by atoms with Gasteiger partial charge in [0, 0.05) is 12.0 Å². The molecular formula is C11H14O3. The van der Waals surface area contributed by atoms with Crippen LogP contribution in [-0.4, -0.2) is 18.0 Å². The van der Waals surface area contributed by atoms with Gasteiger partial charge in [0.1, 0.15) is 11.5 Å². The molecule has 1 aliphatic rings. The summed E-state index contributed by atoms with van der Waals surface area (Å²) in [5, 5.41) is 9.29. The number of hydrogen-bond acceptors (Lipinski definition) is 3. The van der Waals surface area contributed by atoms with Crippen LogP contribution in [0.3, 0.4) is 0 Å². The molecule has 76 valence electrons. The lowest BCUT2D eigenvalue weighted by molar-refractivity contribution is 0.112. The standard InChI is InChI=1S/C9H8O3.C2H6/c10-5-7-6-3-4-12-9(6)2-1-8(7)11;1-2/h1-2,5,11H,3-4H2;1-2H3. The molecule has 0 bridgehead atoms. The number of phenols is 1. The van der Waals surface area contributed by atoms with Crippen molar-refractivity contribution in [1.82, 2.24) is 0 Å². The van der Waals surface area contributed by atoms with Crippen molar-refractivity contribution < 1.29 is 14.6 Å². The molecule has 1 aliphatic heterocycles. The van der Waals surface area contributed by atoms with Crippen molar-refractivity contribution in [2.45, 2.75) is 20.3 Å². The molecule has 1 N–H and O–H groups in total. The van der Waals surface area contributed by atoms with Crippen molar-refractivity contribution in [1.29, 1.82) is 0 Å². The molecular weight excluding hydrogens is 180 g/mol. The minimum Gasteiger partial charge on any atom is -0.507 e. The maximum atomic E-state index is 10.6. The third kappa shape index (κ3) is 1.71. The highest BCUT2D eigenvalue weighted by molar-refractivity contribution is 5.83. The fourth-order valence-corrected chi connectivity index (χ4v) is 1.42. The Labute approximate surface area is 83.3 Å². The van der Waals surface area contributed by atoms with Crippen molar-refractivity contribution in [3.63, 3.8) is 0 Å². The van der Waals surface area contributed by atoms with E-state index in [1.807, 2.05) is 13.8 Å². The molecule has 14 heavy (non-hydrogen) atoms. The molecule has 3 nitrogen and oxygen atoms in total. The van der Waals surface area contributed by atoms with Gasteiger partial charge >= 0.3 is 0 Å². The second-order valence-corrected chi connectivity index (χ2v) is 2.69. The summed E-state index contributed by atoms with van der Waals surface area (Å²) in [6.07, 6.45) is 1.38. The van der Waals surface area contributed by atoms with Gasteiger partial charge in [-0.2, -0.15) is 0 Å². The van der Waals surface area contributed by atoms with Gasteiger partial charge in [0.25, 0.3) is 0 Å². The third-order valence-corrected chi connectivity index (χ3v) is 2.02. The maximum absolute atomic E-state index is 10.6. The smallest absolute Gasteiger partial charge is 0.154 e. The van der Waals surface area contributed by atoms with Crippen LogP contribution in [0.5, 0.6) is 11.5 Å². The summed E-state index contributed by atoms with van der Waals surface area (Å²) in [6.45, 7) is 4.60. The maximum Gasteiger partial charge on any atom is 0.154 e. The molecule has 0 amide bonds. The van der Waals surface area contributed by atoms with Crippen molar-refractivity contribution in [3.8, 4) is 11.5 Å². The summed E-state index contributed by atoms with van der Waals surface area (Å²) < 4.78 is 5.23. The zero-order valence-corrected chi connectivity index (χ0v) is 8.41. The highest BCUT2D eigenvalue weighted by atomic mass is 16.5. The van der Waals surface area contributed by atoms with Crippen molar-refractivity contribution in [3.05, 3.63) is 23.3 Å². The Morgan fingerprint density at radius 2 is 2.14 bits per heavy atom. The van der Waals surface area contributed by atoms with Crippen LogP contribution >= 0.6 is 0 Å². The summed E-state index contributed by atoms with van der Waals surface area (Å²) in [4.78, 5) is 10.6. The first-order chi connectivity index (χ1) is 6.83. The molecule has 0 fully saturated rings. The fourth-order valence-electron chi connectivity index (χ4n) is 1.42. The quantitative estimate of drug-likeness (QED) is 0.697. The Bertz CT molecular complexity index is 332. The second-order valence-electron chi connectivity index (χ2n) is 2.69. The van der Waals surface area contributed by atoms with E-state index in [1.165, 1.54) is 6.07 Å². The Kier molecular flexibility index (Phi) is 3.51. The normalized spacial score (nSPS) is 12.1. The Hall–Kier alpha value is -1.51. The van der Waals surface area contributed by atoms with Crippen LogP contribution in [-0.2, 0) is 6.42 Å². The summed E-state index contributed by atoms with van der Waals surface area (Å²) in [6, 6.07) is 3.17. The van der Waals surface area contributed by atoms with E-state index in [-0.39, 0.29) is 5.75 Å². The first-order valence-electron chi connectivity index (χ1n) is 4.76. The first kappa shape index (κ1) is 10.6. The summed E-state index contributed by atoms with van der Waals surface area (Å²) in [5.41, 5.74) is 1.19. The van der Waals surface area contributed by atoms with Crippen LogP contribution in [0.15, 0.2) is 12.1 Å². The average Bonchev–Trinajstić information content (AvgIpc) is 2.69. The van der Waals surface area contributed by atoms with Gasteiger partial charge in [0.05, 0.1) is 12.2 Å². The van der Waals surface area contributed by atoms with Gasteiger partial charge in [-0.25, -0.2) is 0 Å². The Morgan fingerprint density at radius 1 is 1.43 bits per heavy atom. The van der Waals surface area contributed by atoms with Crippen LogP contribution in [0.2, 0.25) is 0 Å². The number of carbonyl (C=O) groups is 1. The van der Waals surface area contributed by atoms with E-state index in [9.17, 15) is 9.90 Å². The second kappa shape index (κ2) is 4.65.